The van der Waals surface area contributed by atoms with Crippen LogP contribution in [0.4, 0.5) is 13.2 Å². The first-order valence-corrected chi connectivity index (χ1v) is 6.76. The van der Waals surface area contributed by atoms with Crippen LogP contribution in [0, 0.1) is 6.42 Å². The molecule has 1 aliphatic heterocycles. The summed E-state index contributed by atoms with van der Waals surface area (Å²) in [6, 6.07) is 5.25. The van der Waals surface area contributed by atoms with Gasteiger partial charge in [-0.05, 0) is 43.0 Å². The Balaban J connectivity index is 2.07. The lowest BCUT2D eigenvalue weighted by Gasteiger charge is -2.50. The zero-order valence-corrected chi connectivity index (χ0v) is 11.4. The van der Waals surface area contributed by atoms with E-state index in [0.717, 1.165) is 18.1 Å². The van der Waals surface area contributed by atoms with Crippen molar-refractivity contribution in [1.82, 2.24) is 5.48 Å². The smallest absolute Gasteiger partial charge is 0.284 e. The average molecular weight is 294 g/mol. The van der Waals surface area contributed by atoms with E-state index in [4.69, 9.17) is 4.84 Å². The Kier molecular flexibility index (Phi) is 3.42. The minimum Gasteiger partial charge on any atom is -0.284 e. The third-order valence-electron chi connectivity index (χ3n) is 3.94. The van der Waals surface area contributed by atoms with Crippen LogP contribution in [0.2, 0.25) is 0 Å². The van der Waals surface area contributed by atoms with Crippen molar-refractivity contribution in [3.63, 3.8) is 0 Å². The lowest BCUT2D eigenvalue weighted by Crippen LogP contribution is -2.63. The molecular weight excluding hydrogens is 279 g/mol. The van der Waals surface area contributed by atoms with Crippen molar-refractivity contribution in [3.8, 4) is 0 Å². The van der Waals surface area contributed by atoms with Gasteiger partial charge in [0.1, 0.15) is 0 Å². The van der Waals surface area contributed by atoms with E-state index >= 15 is 0 Å². The Morgan fingerprint density at radius 3 is 2.67 bits per heavy atom. The van der Waals surface area contributed by atoms with E-state index in [9.17, 15) is 13.2 Å². The van der Waals surface area contributed by atoms with Crippen LogP contribution in [-0.2, 0) is 16.6 Å². The van der Waals surface area contributed by atoms with Gasteiger partial charge in [0, 0.05) is 0 Å². The fourth-order valence-electron chi connectivity index (χ4n) is 2.79. The van der Waals surface area contributed by atoms with E-state index in [1.807, 2.05) is 31.6 Å². The van der Waals surface area contributed by atoms with Crippen LogP contribution in [-0.4, -0.2) is 6.04 Å². The second-order valence-electron chi connectivity index (χ2n) is 5.25. The lowest BCUT2D eigenvalue weighted by molar-refractivity contribution is -0.227. The van der Waals surface area contributed by atoms with Crippen molar-refractivity contribution in [3.05, 3.63) is 65.6 Å². The number of hydrogen-bond donors (Lipinski definition) is 1. The second-order valence-corrected chi connectivity index (χ2v) is 5.25. The van der Waals surface area contributed by atoms with Crippen LogP contribution in [0.15, 0.2) is 48.1 Å². The first-order valence-electron chi connectivity index (χ1n) is 6.76. The van der Waals surface area contributed by atoms with Crippen LogP contribution < -0.4 is 5.48 Å². The first-order chi connectivity index (χ1) is 9.94. The number of allylic oxidation sites excluding steroid dienone is 3. The summed E-state index contributed by atoms with van der Waals surface area (Å²) in [6.45, 7) is 1.90. The number of hydrogen-bond acceptors (Lipinski definition) is 2. The highest BCUT2D eigenvalue weighted by Gasteiger charge is 2.51. The maximum atomic E-state index is 12.9. The summed E-state index contributed by atoms with van der Waals surface area (Å²) in [6.07, 6.45) is 4.16. The minimum absolute atomic E-state index is 0.102. The van der Waals surface area contributed by atoms with Crippen molar-refractivity contribution in [2.45, 2.75) is 31.2 Å². The standard InChI is InChI=1S/C16H15F3NO/c1-11-15(21-20-11,12-6-3-2-4-7-12)13-8-5-9-14(10-13)16(17,18)19/h2-3,5-11,20H,4H2,1H3. The lowest BCUT2D eigenvalue weighted by atomic mass is 9.75. The zero-order chi connectivity index (χ0) is 15.1. The normalized spacial score (nSPS) is 29.0. The molecule has 1 heterocycles. The summed E-state index contributed by atoms with van der Waals surface area (Å²) in [5.41, 5.74) is 2.67. The van der Waals surface area contributed by atoms with Gasteiger partial charge in [-0.2, -0.15) is 18.7 Å². The second kappa shape index (κ2) is 5.00. The average Bonchev–Trinajstić information content (AvgIpc) is 2.47. The molecule has 1 N–H and O–H groups in total. The van der Waals surface area contributed by atoms with Gasteiger partial charge in [0.05, 0.1) is 11.6 Å². The Hall–Kier alpha value is -1.59. The maximum Gasteiger partial charge on any atom is 0.416 e. The predicted octanol–water partition coefficient (Wildman–Crippen LogP) is 3.91. The van der Waals surface area contributed by atoms with Gasteiger partial charge in [0.15, 0.2) is 5.60 Å². The molecule has 0 aromatic heterocycles. The number of halogens is 3. The summed E-state index contributed by atoms with van der Waals surface area (Å²) in [5.74, 6) is 0. The third kappa shape index (κ3) is 2.30. The third-order valence-corrected chi connectivity index (χ3v) is 3.94. The quantitative estimate of drug-likeness (QED) is 0.892. The molecule has 1 aliphatic carbocycles. The van der Waals surface area contributed by atoms with Gasteiger partial charge in [-0.25, -0.2) is 0 Å². The molecule has 1 saturated heterocycles. The molecular formula is C16H15F3NO. The summed E-state index contributed by atoms with van der Waals surface area (Å²) < 4.78 is 38.8. The zero-order valence-electron chi connectivity index (χ0n) is 11.4. The topological polar surface area (TPSA) is 21.3 Å². The molecule has 0 saturated carbocycles. The van der Waals surface area contributed by atoms with Crippen LogP contribution >= 0.6 is 0 Å². The van der Waals surface area contributed by atoms with E-state index in [1.54, 1.807) is 6.07 Å². The van der Waals surface area contributed by atoms with Gasteiger partial charge in [0.25, 0.3) is 0 Å². The van der Waals surface area contributed by atoms with Gasteiger partial charge in [-0.15, -0.1) is 0 Å². The van der Waals surface area contributed by atoms with Crippen molar-refractivity contribution >= 4 is 0 Å². The molecule has 111 valence electrons. The van der Waals surface area contributed by atoms with Crippen LogP contribution in [0.5, 0.6) is 0 Å². The molecule has 1 aromatic rings. The molecule has 3 rings (SSSR count). The van der Waals surface area contributed by atoms with Crippen molar-refractivity contribution in [2.75, 3.05) is 0 Å². The first kappa shape index (κ1) is 14.4. The number of alkyl halides is 3. The molecule has 2 aliphatic rings. The Morgan fingerprint density at radius 2 is 2.14 bits per heavy atom. The molecule has 2 atom stereocenters. The highest BCUT2D eigenvalue weighted by atomic mass is 19.4. The Labute approximate surface area is 121 Å². The van der Waals surface area contributed by atoms with E-state index < -0.39 is 17.3 Å². The Bertz CT molecular complexity index is 606. The fraction of sp³-hybridized carbons (Fsp3) is 0.312. The molecule has 21 heavy (non-hydrogen) atoms. The molecule has 0 bridgehead atoms. The fourth-order valence-corrected chi connectivity index (χ4v) is 2.79. The molecule has 1 radical (unpaired) electrons. The minimum atomic E-state index is -4.36. The summed E-state index contributed by atoms with van der Waals surface area (Å²) >= 11 is 0. The number of nitrogens with one attached hydrogen (secondary N) is 1. The van der Waals surface area contributed by atoms with Gasteiger partial charge in [0.2, 0.25) is 0 Å². The highest BCUT2D eigenvalue weighted by Crippen LogP contribution is 2.45. The molecule has 1 aromatic carbocycles. The molecule has 1 fully saturated rings. The van der Waals surface area contributed by atoms with Crippen molar-refractivity contribution < 1.29 is 18.0 Å². The monoisotopic (exact) mass is 294 g/mol. The van der Waals surface area contributed by atoms with E-state index in [-0.39, 0.29) is 6.04 Å². The van der Waals surface area contributed by atoms with E-state index in [0.29, 0.717) is 5.56 Å². The van der Waals surface area contributed by atoms with E-state index in [1.165, 1.54) is 12.1 Å². The highest BCUT2D eigenvalue weighted by molar-refractivity contribution is 5.45. The van der Waals surface area contributed by atoms with Crippen LogP contribution in [0.3, 0.4) is 0 Å². The number of benzene rings is 1. The van der Waals surface area contributed by atoms with Gasteiger partial charge in [-0.3, -0.25) is 4.84 Å². The molecule has 0 spiro atoms. The summed E-state index contributed by atoms with van der Waals surface area (Å²) in [4.78, 5) is 5.57. The van der Waals surface area contributed by atoms with E-state index in [2.05, 4.69) is 5.48 Å². The van der Waals surface area contributed by atoms with Crippen molar-refractivity contribution in [2.24, 2.45) is 0 Å². The van der Waals surface area contributed by atoms with Crippen LogP contribution in [0.1, 0.15) is 24.5 Å². The number of rotatable bonds is 2. The SMILES string of the molecule is CC1NOC1(C1=CC=CC[CH]1)c1cccc(C(F)(F)F)c1. The molecule has 2 unspecified atom stereocenters. The molecule has 2 nitrogen and oxygen atoms in total. The summed E-state index contributed by atoms with van der Waals surface area (Å²) in [7, 11) is 0. The van der Waals surface area contributed by atoms with Gasteiger partial charge < -0.3 is 0 Å². The predicted molar refractivity (Wildman–Crippen MR) is 72.9 cm³/mol. The molecule has 0 amide bonds. The number of hydroxylamine groups is 1. The van der Waals surface area contributed by atoms with Crippen LogP contribution in [0.25, 0.3) is 0 Å². The largest absolute Gasteiger partial charge is 0.416 e. The Morgan fingerprint density at radius 1 is 1.33 bits per heavy atom. The van der Waals surface area contributed by atoms with Crippen molar-refractivity contribution in [1.29, 1.82) is 0 Å². The van der Waals surface area contributed by atoms with Gasteiger partial charge >= 0.3 is 6.18 Å². The summed E-state index contributed by atoms with van der Waals surface area (Å²) in [5, 5.41) is 0. The molecule has 5 heteroatoms. The maximum absolute atomic E-state index is 12.9. The van der Waals surface area contributed by atoms with Gasteiger partial charge in [-0.1, -0.05) is 30.4 Å².